The van der Waals surface area contributed by atoms with Crippen LogP contribution in [0.1, 0.15) is 20.3 Å². The molecule has 0 heterocycles. The Morgan fingerprint density at radius 2 is 2.33 bits per heavy atom. The van der Waals surface area contributed by atoms with Crippen LogP contribution in [0.5, 0.6) is 0 Å². The average Bonchev–Trinajstić information content (AvgIpc) is 1.83. The summed E-state index contributed by atoms with van der Waals surface area (Å²) >= 11 is 1.36. The van der Waals surface area contributed by atoms with Crippen LogP contribution in [-0.4, -0.2) is 16.9 Å². The van der Waals surface area contributed by atoms with Gasteiger partial charge < -0.3 is 5.73 Å². The molecule has 0 bridgehead atoms. The van der Waals surface area contributed by atoms with E-state index in [1.807, 2.05) is 0 Å². The van der Waals surface area contributed by atoms with Crippen molar-refractivity contribution in [2.75, 3.05) is 5.75 Å². The molecule has 1 unspecified atom stereocenters. The summed E-state index contributed by atoms with van der Waals surface area (Å²) in [6, 6.07) is 0.430. The van der Waals surface area contributed by atoms with Crippen LogP contribution < -0.4 is 5.73 Å². The highest BCUT2D eigenvalue weighted by molar-refractivity contribution is 8.13. The number of carbonyl (C=O) groups excluding carboxylic acids is 1. The SMILES string of the molecule is CCC([NH3+])CSC(C)=O. The Bertz CT molecular complexity index is 95.1. The Kier molecular flexibility index (Phi) is 4.81. The Balaban J connectivity index is 3.16. The zero-order chi connectivity index (χ0) is 7.28. The third-order valence-electron chi connectivity index (χ3n) is 1.10. The van der Waals surface area contributed by atoms with E-state index >= 15 is 0 Å². The second-order valence-corrected chi connectivity index (χ2v) is 3.27. The van der Waals surface area contributed by atoms with Gasteiger partial charge in [-0.2, -0.15) is 0 Å². The van der Waals surface area contributed by atoms with Crippen molar-refractivity contribution in [1.29, 1.82) is 0 Å². The van der Waals surface area contributed by atoms with Crippen LogP contribution in [0, 0.1) is 0 Å². The molecule has 0 aromatic rings. The lowest BCUT2D eigenvalue weighted by Crippen LogP contribution is -2.61. The van der Waals surface area contributed by atoms with Crippen molar-refractivity contribution in [3.8, 4) is 0 Å². The van der Waals surface area contributed by atoms with E-state index in [-0.39, 0.29) is 5.12 Å². The second kappa shape index (κ2) is 4.82. The largest absolute Gasteiger partial charge is 0.354 e. The number of quaternary nitrogens is 1. The van der Waals surface area contributed by atoms with Crippen LogP contribution in [0.3, 0.4) is 0 Å². The van der Waals surface area contributed by atoms with E-state index in [9.17, 15) is 4.79 Å². The van der Waals surface area contributed by atoms with E-state index in [0.717, 1.165) is 12.2 Å². The molecule has 0 aliphatic heterocycles. The summed E-state index contributed by atoms with van der Waals surface area (Å²) in [6.07, 6.45) is 1.06. The molecule has 0 aliphatic carbocycles. The maximum absolute atomic E-state index is 10.4. The first-order valence-electron chi connectivity index (χ1n) is 3.13. The van der Waals surface area contributed by atoms with E-state index in [2.05, 4.69) is 12.7 Å². The van der Waals surface area contributed by atoms with Gasteiger partial charge in [0, 0.05) is 6.92 Å². The molecule has 0 aromatic heterocycles. The van der Waals surface area contributed by atoms with E-state index in [4.69, 9.17) is 0 Å². The third-order valence-corrected chi connectivity index (χ3v) is 2.14. The van der Waals surface area contributed by atoms with E-state index < -0.39 is 0 Å². The molecular formula is C6H14NOS+. The standard InChI is InChI=1S/C6H13NOS/c1-3-6(7)4-9-5(2)8/h6H,3-4,7H2,1-2H3/p+1. The first kappa shape index (κ1) is 8.98. The summed E-state index contributed by atoms with van der Waals surface area (Å²) in [6.45, 7) is 3.67. The molecule has 0 rings (SSSR count). The molecule has 54 valence electrons. The highest BCUT2D eigenvalue weighted by Crippen LogP contribution is 2.02. The lowest BCUT2D eigenvalue weighted by atomic mass is 10.3. The van der Waals surface area contributed by atoms with E-state index in [1.165, 1.54) is 11.8 Å². The minimum Gasteiger partial charge on any atom is -0.354 e. The van der Waals surface area contributed by atoms with Crippen LogP contribution in [0.25, 0.3) is 0 Å². The van der Waals surface area contributed by atoms with Crippen molar-refractivity contribution in [1.82, 2.24) is 0 Å². The van der Waals surface area contributed by atoms with Gasteiger partial charge in [0.2, 0.25) is 0 Å². The predicted octanol–water partition coefficient (Wildman–Crippen LogP) is 0.287. The van der Waals surface area contributed by atoms with Crippen molar-refractivity contribution in [2.24, 2.45) is 0 Å². The number of carbonyl (C=O) groups is 1. The van der Waals surface area contributed by atoms with Gasteiger partial charge in [0.15, 0.2) is 5.12 Å². The normalized spacial score (nSPS) is 13.2. The fourth-order valence-corrected chi connectivity index (χ4v) is 1.06. The zero-order valence-electron chi connectivity index (χ0n) is 6.02. The maximum atomic E-state index is 10.4. The van der Waals surface area contributed by atoms with Crippen molar-refractivity contribution in [2.45, 2.75) is 26.3 Å². The van der Waals surface area contributed by atoms with Crippen molar-refractivity contribution in [3.05, 3.63) is 0 Å². The molecule has 3 heteroatoms. The minimum absolute atomic E-state index is 0.192. The van der Waals surface area contributed by atoms with Gasteiger partial charge in [-0.3, -0.25) is 4.79 Å². The van der Waals surface area contributed by atoms with Gasteiger partial charge in [0.05, 0.1) is 11.8 Å². The monoisotopic (exact) mass is 148 g/mol. The Labute approximate surface area is 60.2 Å². The summed E-state index contributed by atoms with van der Waals surface area (Å²) in [7, 11) is 0. The quantitative estimate of drug-likeness (QED) is 0.625. The molecule has 0 amide bonds. The van der Waals surface area contributed by atoms with Crippen LogP contribution >= 0.6 is 11.8 Å². The first-order valence-corrected chi connectivity index (χ1v) is 4.11. The maximum Gasteiger partial charge on any atom is 0.186 e. The topological polar surface area (TPSA) is 44.7 Å². The summed E-state index contributed by atoms with van der Waals surface area (Å²) < 4.78 is 0. The molecule has 0 spiro atoms. The summed E-state index contributed by atoms with van der Waals surface area (Å²) in [5, 5.41) is 0.192. The fraction of sp³-hybridized carbons (Fsp3) is 0.833. The van der Waals surface area contributed by atoms with Gasteiger partial charge in [-0.05, 0) is 6.42 Å². The van der Waals surface area contributed by atoms with Crippen molar-refractivity contribution in [3.63, 3.8) is 0 Å². The highest BCUT2D eigenvalue weighted by Gasteiger charge is 2.03. The fourth-order valence-electron chi connectivity index (χ4n) is 0.353. The van der Waals surface area contributed by atoms with Crippen LogP contribution in [0.15, 0.2) is 0 Å². The Morgan fingerprint density at radius 1 is 1.78 bits per heavy atom. The lowest BCUT2D eigenvalue weighted by Gasteiger charge is -2.00. The van der Waals surface area contributed by atoms with Gasteiger partial charge in [-0.15, -0.1) is 0 Å². The molecule has 3 N–H and O–H groups in total. The molecule has 0 aromatic carbocycles. The number of rotatable bonds is 3. The lowest BCUT2D eigenvalue weighted by molar-refractivity contribution is -0.412. The number of hydrogen-bond donors (Lipinski definition) is 1. The first-order chi connectivity index (χ1) is 4.16. The van der Waals surface area contributed by atoms with Gasteiger partial charge in [0.25, 0.3) is 0 Å². The third kappa shape index (κ3) is 5.86. The molecule has 0 fully saturated rings. The predicted molar refractivity (Wildman–Crippen MR) is 40.1 cm³/mol. The Morgan fingerprint density at radius 3 is 2.67 bits per heavy atom. The molecule has 0 saturated heterocycles. The van der Waals surface area contributed by atoms with Crippen LogP contribution in [-0.2, 0) is 4.79 Å². The molecule has 0 radical (unpaired) electrons. The molecule has 9 heavy (non-hydrogen) atoms. The van der Waals surface area contributed by atoms with Gasteiger partial charge in [0.1, 0.15) is 0 Å². The molecule has 0 saturated carbocycles. The summed E-state index contributed by atoms with van der Waals surface area (Å²) in [4.78, 5) is 10.4. The van der Waals surface area contributed by atoms with Crippen molar-refractivity contribution >= 4 is 16.9 Å². The average molecular weight is 148 g/mol. The molecule has 0 aliphatic rings. The van der Waals surface area contributed by atoms with Crippen LogP contribution in [0.2, 0.25) is 0 Å². The smallest absolute Gasteiger partial charge is 0.186 e. The number of thioether (sulfide) groups is 1. The molecular weight excluding hydrogens is 134 g/mol. The van der Waals surface area contributed by atoms with E-state index in [1.54, 1.807) is 6.92 Å². The van der Waals surface area contributed by atoms with Gasteiger partial charge >= 0.3 is 0 Å². The highest BCUT2D eigenvalue weighted by atomic mass is 32.2. The zero-order valence-corrected chi connectivity index (χ0v) is 6.83. The van der Waals surface area contributed by atoms with Crippen LogP contribution in [0.4, 0.5) is 0 Å². The van der Waals surface area contributed by atoms with Crippen molar-refractivity contribution < 1.29 is 10.5 Å². The summed E-state index contributed by atoms with van der Waals surface area (Å²) in [5.74, 6) is 0.867. The van der Waals surface area contributed by atoms with Gasteiger partial charge in [-0.25, -0.2) is 0 Å². The Hall–Kier alpha value is -0.0200. The number of hydrogen-bond acceptors (Lipinski definition) is 2. The minimum atomic E-state index is 0.192. The molecule has 1 atom stereocenters. The molecule has 2 nitrogen and oxygen atoms in total. The van der Waals surface area contributed by atoms with E-state index in [0.29, 0.717) is 6.04 Å². The second-order valence-electron chi connectivity index (χ2n) is 2.08. The van der Waals surface area contributed by atoms with Gasteiger partial charge in [-0.1, -0.05) is 18.7 Å². The summed E-state index contributed by atoms with van der Waals surface area (Å²) in [5.41, 5.74) is 3.86.